The molecule has 2 amide bonds. The molecule has 0 spiro atoms. The molecule has 126 valence electrons. The standard InChI is InChI=1S/C16H14F2N2O4/c17-11-3-6-13(14(18)9-11)16(22)19-7-8-24-12-4-1-10(2-5-12)15(21)20-23/h1-6,9,23H,7-8H2,(H,19,22)(H,20,21). The average Bonchev–Trinajstić information content (AvgIpc) is 2.58. The van der Waals surface area contributed by atoms with Crippen LogP contribution in [0.1, 0.15) is 20.7 Å². The molecule has 0 fully saturated rings. The lowest BCUT2D eigenvalue weighted by Crippen LogP contribution is -2.28. The monoisotopic (exact) mass is 336 g/mol. The van der Waals surface area contributed by atoms with Gasteiger partial charge in [0.15, 0.2) is 0 Å². The Balaban J connectivity index is 1.80. The van der Waals surface area contributed by atoms with Gasteiger partial charge in [0, 0.05) is 11.6 Å². The Morgan fingerprint density at radius 3 is 2.38 bits per heavy atom. The van der Waals surface area contributed by atoms with Gasteiger partial charge in [-0.15, -0.1) is 0 Å². The van der Waals surface area contributed by atoms with Gasteiger partial charge in [-0.25, -0.2) is 14.3 Å². The topological polar surface area (TPSA) is 87.7 Å². The van der Waals surface area contributed by atoms with Gasteiger partial charge in [0.2, 0.25) is 0 Å². The quantitative estimate of drug-likeness (QED) is 0.427. The maximum absolute atomic E-state index is 13.4. The van der Waals surface area contributed by atoms with Crippen LogP contribution in [0.2, 0.25) is 0 Å². The molecule has 24 heavy (non-hydrogen) atoms. The van der Waals surface area contributed by atoms with Gasteiger partial charge in [0.05, 0.1) is 12.1 Å². The number of rotatable bonds is 6. The predicted molar refractivity (Wildman–Crippen MR) is 79.9 cm³/mol. The van der Waals surface area contributed by atoms with Crippen molar-refractivity contribution >= 4 is 11.8 Å². The largest absolute Gasteiger partial charge is 0.492 e. The molecule has 0 aromatic heterocycles. The molecule has 3 N–H and O–H groups in total. The number of ether oxygens (including phenoxy) is 1. The van der Waals surface area contributed by atoms with E-state index in [-0.39, 0.29) is 24.3 Å². The van der Waals surface area contributed by atoms with Crippen LogP contribution in [0.25, 0.3) is 0 Å². The lowest BCUT2D eigenvalue weighted by molar-refractivity contribution is 0.0706. The fourth-order valence-electron chi connectivity index (χ4n) is 1.87. The van der Waals surface area contributed by atoms with Gasteiger partial charge in [-0.1, -0.05) is 0 Å². The average molecular weight is 336 g/mol. The summed E-state index contributed by atoms with van der Waals surface area (Å²) in [6, 6.07) is 8.64. The van der Waals surface area contributed by atoms with Crippen LogP contribution in [0.4, 0.5) is 8.78 Å². The minimum Gasteiger partial charge on any atom is -0.492 e. The Bertz CT molecular complexity index is 735. The highest BCUT2D eigenvalue weighted by atomic mass is 19.1. The first-order valence-electron chi connectivity index (χ1n) is 6.92. The lowest BCUT2D eigenvalue weighted by atomic mass is 10.2. The number of halogens is 2. The van der Waals surface area contributed by atoms with E-state index in [0.29, 0.717) is 11.8 Å². The van der Waals surface area contributed by atoms with E-state index in [9.17, 15) is 18.4 Å². The van der Waals surface area contributed by atoms with Crippen molar-refractivity contribution in [3.8, 4) is 5.75 Å². The molecule has 0 heterocycles. The molecule has 0 saturated carbocycles. The summed E-state index contributed by atoms with van der Waals surface area (Å²) in [4.78, 5) is 22.9. The van der Waals surface area contributed by atoms with Crippen LogP contribution in [0.3, 0.4) is 0 Å². The normalized spacial score (nSPS) is 10.1. The summed E-state index contributed by atoms with van der Waals surface area (Å²) in [5.74, 6) is -2.57. The third-order valence-corrected chi connectivity index (χ3v) is 3.05. The molecule has 2 aromatic carbocycles. The van der Waals surface area contributed by atoms with Crippen LogP contribution in [-0.4, -0.2) is 30.2 Å². The third-order valence-electron chi connectivity index (χ3n) is 3.05. The van der Waals surface area contributed by atoms with Crippen molar-refractivity contribution in [1.82, 2.24) is 10.8 Å². The summed E-state index contributed by atoms with van der Waals surface area (Å²) in [5.41, 5.74) is 1.51. The first-order chi connectivity index (χ1) is 11.5. The molecule has 2 aromatic rings. The molecule has 0 radical (unpaired) electrons. The Kier molecular flexibility index (Phi) is 5.80. The summed E-state index contributed by atoms with van der Waals surface area (Å²) in [6.45, 7) is 0.217. The molecule has 8 heteroatoms. The minimum atomic E-state index is -0.939. The second-order valence-electron chi connectivity index (χ2n) is 4.69. The first-order valence-corrected chi connectivity index (χ1v) is 6.92. The molecule has 2 rings (SSSR count). The smallest absolute Gasteiger partial charge is 0.274 e. The number of hydrogen-bond acceptors (Lipinski definition) is 4. The van der Waals surface area contributed by atoms with Crippen LogP contribution in [-0.2, 0) is 0 Å². The summed E-state index contributed by atoms with van der Waals surface area (Å²) in [5, 5.41) is 10.9. The number of carbonyl (C=O) groups is 2. The Labute approximate surface area is 136 Å². The number of hydroxylamine groups is 1. The van der Waals surface area contributed by atoms with Crippen molar-refractivity contribution in [2.45, 2.75) is 0 Å². The zero-order chi connectivity index (χ0) is 17.5. The van der Waals surface area contributed by atoms with E-state index in [1.807, 2.05) is 0 Å². The fraction of sp³-hybridized carbons (Fsp3) is 0.125. The van der Waals surface area contributed by atoms with Crippen molar-refractivity contribution < 1.29 is 28.3 Å². The minimum absolute atomic E-state index is 0.106. The maximum atomic E-state index is 13.4. The van der Waals surface area contributed by atoms with E-state index < -0.39 is 23.4 Å². The molecule has 0 aliphatic carbocycles. The van der Waals surface area contributed by atoms with Gasteiger partial charge >= 0.3 is 0 Å². The van der Waals surface area contributed by atoms with Gasteiger partial charge in [0.25, 0.3) is 11.8 Å². The van der Waals surface area contributed by atoms with Crippen LogP contribution >= 0.6 is 0 Å². The number of benzene rings is 2. The first kappa shape index (κ1) is 17.4. The zero-order valence-corrected chi connectivity index (χ0v) is 12.4. The Morgan fingerprint density at radius 2 is 1.75 bits per heavy atom. The number of amides is 2. The molecule has 0 aliphatic heterocycles. The molecule has 0 atom stereocenters. The molecule has 0 bridgehead atoms. The van der Waals surface area contributed by atoms with Gasteiger partial charge in [0.1, 0.15) is 24.0 Å². The van der Waals surface area contributed by atoms with Crippen molar-refractivity contribution in [2.24, 2.45) is 0 Å². The van der Waals surface area contributed by atoms with Crippen LogP contribution in [0.5, 0.6) is 5.75 Å². The Hall–Kier alpha value is -3.00. The summed E-state index contributed by atoms with van der Waals surface area (Å²) >= 11 is 0. The van der Waals surface area contributed by atoms with Gasteiger partial charge in [-0.05, 0) is 36.4 Å². The SMILES string of the molecule is O=C(NO)c1ccc(OCCNC(=O)c2ccc(F)cc2F)cc1. The highest BCUT2D eigenvalue weighted by Crippen LogP contribution is 2.12. The molecular formula is C16H14F2N2O4. The van der Waals surface area contributed by atoms with Crippen molar-refractivity contribution in [2.75, 3.05) is 13.2 Å². The zero-order valence-electron chi connectivity index (χ0n) is 12.4. The fourth-order valence-corrected chi connectivity index (χ4v) is 1.87. The molecule has 0 saturated heterocycles. The molecule has 0 aliphatic rings. The second kappa shape index (κ2) is 8.02. The maximum Gasteiger partial charge on any atom is 0.274 e. The molecular weight excluding hydrogens is 322 g/mol. The molecule has 6 nitrogen and oxygen atoms in total. The summed E-state index contributed by atoms with van der Waals surface area (Å²) in [6.07, 6.45) is 0. The number of nitrogens with one attached hydrogen (secondary N) is 2. The second-order valence-corrected chi connectivity index (χ2v) is 4.69. The highest BCUT2D eigenvalue weighted by molar-refractivity contribution is 5.94. The third kappa shape index (κ3) is 4.50. The number of hydrogen-bond donors (Lipinski definition) is 3. The van der Waals surface area contributed by atoms with E-state index in [4.69, 9.17) is 9.94 Å². The lowest BCUT2D eigenvalue weighted by Gasteiger charge is -2.09. The van der Waals surface area contributed by atoms with Crippen LogP contribution in [0.15, 0.2) is 42.5 Å². The molecule has 0 unspecified atom stereocenters. The van der Waals surface area contributed by atoms with Gasteiger partial charge in [-0.3, -0.25) is 14.8 Å². The summed E-state index contributed by atoms with van der Waals surface area (Å²) < 4.78 is 31.5. The predicted octanol–water partition coefficient (Wildman–Crippen LogP) is 1.89. The van der Waals surface area contributed by atoms with Crippen LogP contribution < -0.4 is 15.5 Å². The number of carbonyl (C=O) groups excluding carboxylic acids is 2. The van der Waals surface area contributed by atoms with E-state index in [0.717, 1.165) is 12.1 Å². The van der Waals surface area contributed by atoms with E-state index in [1.165, 1.54) is 29.7 Å². The highest BCUT2D eigenvalue weighted by Gasteiger charge is 2.11. The van der Waals surface area contributed by atoms with Crippen molar-refractivity contribution in [3.63, 3.8) is 0 Å². The Morgan fingerprint density at radius 1 is 1.04 bits per heavy atom. The van der Waals surface area contributed by atoms with E-state index >= 15 is 0 Å². The van der Waals surface area contributed by atoms with Gasteiger partial charge in [-0.2, -0.15) is 0 Å². The van der Waals surface area contributed by atoms with Crippen LogP contribution in [0, 0.1) is 11.6 Å². The van der Waals surface area contributed by atoms with Crippen molar-refractivity contribution in [1.29, 1.82) is 0 Å². The van der Waals surface area contributed by atoms with E-state index in [1.54, 1.807) is 0 Å². The summed E-state index contributed by atoms with van der Waals surface area (Å²) in [7, 11) is 0. The van der Waals surface area contributed by atoms with Crippen molar-refractivity contribution in [3.05, 3.63) is 65.2 Å². The van der Waals surface area contributed by atoms with E-state index in [2.05, 4.69) is 5.32 Å². The van der Waals surface area contributed by atoms with Gasteiger partial charge < -0.3 is 10.1 Å².